The molecule has 0 aliphatic carbocycles. The van der Waals surface area contributed by atoms with Crippen molar-refractivity contribution >= 4 is 10.0 Å². The van der Waals surface area contributed by atoms with Gasteiger partial charge in [0.15, 0.2) is 0 Å². The van der Waals surface area contributed by atoms with Gasteiger partial charge in [-0.15, -0.1) is 0 Å². The van der Waals surface area contributed by atoms with Crippen LogP contribution in [-0.2, 0) is 21.3 Å². The predicted molar refractivity (Wildman–Crippen MR) is 100 cm³/mol. The van der Waals surface area contributed by atoms with Crippen molar-refractivity contribution in [3.05, 3.63) is 29.8 Å². The zero-order valence-corrected chi connectivity index (χ0v) is 16.5. The van der Waals surface area contributed by atoms with E-state index < -0.39 is 10.0 Å². The minimum absolute atomic E-state index is 0.0143. The van der Waals surface area contributed by atoms with Crippen molar-refractivity contribution in [2.24, 2.45) is 11.3 Å². The van der Waals surface area contributed by atoms with Crippen LogP contribution in [0, 0.1) is 11.3 Å². The van der Waals surface area contributed by atoms with E-state index >= 15 is 0 Å². The first-order valence-corrected chi connectivity index (χ1v) is 10.9. The molecule has 0 radical (unpaired) electrons. The highest BCUT2D eigenvalue weighted by atomic mass is 32.2. The van der Waals surface area contributed by atoms with Gasteiger partial charge in [-0.1, -0.05) is 12.1 Å². The van der Waals surface area contributed by atoms with Gasteiger partial charge in [-0.25, -0.2) is 8.42 Å². The number of piperidine rings is 1. The lowest BCUT2D eigenvalue weighted by atomic mass is 9.70. The molecule has 3 aliphatic rings. The number of hydrogen-bond donors (Lipinski definition) is 1. The number of fused-ring (bicyclic) bond motifs is 2. The van der Waals surface area contributed by atoms with E-state index in [1.807, 2.05) is 26.2 Å². The zero-order valence-electron chi connectivity index (χ0n) is 15.6. The van der Waals surface area contributed by atoms with Crippen LogP contribution in [0.15, 0.2) is 29.2 Å². The molecule has 3 saturated heterocycles. The number of nitrogens with zero attached hydrogens (tertiary/aromatic N) is 2. The van der Waals surface area contributed by atoms with Crippen molar-refractivity contribution in [2.75, 3.05) is 46.9 Å². The summed E-state index contributed by atoms with van der Waals surface area (Å²) in [6, 6.07) is 7.34. The van der Waals surface area contributed by atoms with Crippen molar-refractivity contribution in [1.82, 2.24) is 14.5 Å². The Morgan fingerprint density at radius 2 is 1.88 bits per heavy atom. The first kappa shape index (κ1) is 18.4. The molecule has 0 amide bonds. The maximum atomic E-state index is 13.4. The van der Waals surface area contributed by atoms with Crippen LogP contribution in [0.3, 0.4) is 0 Å². The van der Waals surface area contributed by atoms with Gasteiger partial charge in [-0.05, 0) is 63.1 Å². The summed E-state index contributed by atoms with van der Waals surface area (Å²) in [4.78, 5) is 2.47. The Balaban J connectivity index is 1.61. The third kappa shape index (κ3) is 3.10. The molecule has 0 unspecified atom stereocenters. The van der Waals surface area contributed by atoms with E-state index in [2.05, 4.69) is 10.2 Å². The summed E-state index contributed by atoms with van der Waals surface area (Å²) in [5.74, 6) is 0.326. The average Bonchev–Trinajstić information content (AvgIpc) is 3.20. The van der Waals surface area contributed by atoms with Gasteiger partial charge in [0, 0.05) is 19.0 Å². The van der Waals surface area contributed by atoms with Crippen LogP contribution >= 0.6 is 0 Å². The van der Waals surface area contributed by atoms with Gasteiger partial charge in [0.2, 0.25) is 10.0 Å². The molecule has 1 aromatic carbocycles. The second kappa shape index (κ2) is 6.87. The number of sulfonamides is 1. The Bertz CT molecular complexity index is 742. The lowest BCUT2D eigenvalue weighted by Crippen LogP contribution is -2.43. The highest BCUT2D eigenvalue weighted by molar-refractivity contribution is 7.89. The molecule has 144 valence electrons. The molecular formula is C19H29N3O3S. The third-order valence-corrected chi connectivity index (χ3v) is 8.19. The lowest BCUT2D eigenvalue weighted by Gasteiger charge is -2.37. The van der Waals surface area contributed by atoms with E-state index in [0.717, 1.165) is 38.0 Å². The molecule has 0 bridgehead atoms. The molecule has 7 heteroatoms. The topological polar surface area (TPSA) is 61.9 Å². The summed E-state index contributed by atoms with van der Waals surface area (Å²) >= 11 is 0. The van der Waals surface area contributed by atoms with E-state index in [1.165, 1.54) is 0 Å². The fourth-order valence-corrected chi connectivity index (χ4v) is 6.68. The quantitative estimate of drug-likeness (QED) is 0.850. The molecule has 3 fully saturated rings. The minimum Gasteiger partial charge on any atom is -0.379 e. The summed E-state index contributed by atoms with van der Waals surface area (Å²) in [6.07, 6.45) is 2.07. The lowest BCUT2D eigenvalue weighted by molar-refractivity contribution is 0.0979. The van der Waals surface area contributed by atoms with Crippen LogP contribution in [0.1, 0.15) is 18.4 Å². The Kier molecular flexibility index (Phi) is 4.86. The molecule has 1 N–H and O–H groups in total. The largest absolute Gasteiger partial charge is 0.379 e. The van der Waals surface area contributed by atoms with Crippen LogP contribution in [0.5, 0.6) is 0 Å². The predicted octanol–water partition coefficient (Wildman–Crippen LogP) is 1.14. The first-order chi connectivity index (χ1) is 12.4. The van der Waals surface area contributed by atoms with Crippen LogP contribution in [-0.4, -0.2) is 70.6 Å². The second-order valence-corrected chi connectivity index (χ2v) is 10.1. The van der Waals surface area contributed by atoms with Gasteiger partial charge in [0.1, 0.15) is 0 Å². The van der Waals surface area contributed by atoms with Gasteiger partial charge in [0.25, 0.3) is 0 Å². The van der Waals surface area contributed by atoms with Crippen LogP contribution in [0.4, 0.5) is 0 Å². The van der Waals surface area contributed by atoms with Crippen LogP contribution in [0.25, 0.3) is 0 Å². The minimum atomic E-state index is -3.49. The molecule has 1 aromatic rings. The molecule has 0 saturated carbocycles. The first-order valence-electron chi connectivity index (χ1n) is 9.46. The Morgan fingerprint density at radius 1 is 1.19 bits per heavy atom. The fraction of sp³-hybridized carbons (Fsp3) is 0.684. The SMILES string of the molecule is CN(C)Cc1ccc(S(=O)(=O)N2CC3(CCNCC3)[C@H]3COC[C@H]32)cc1. The monoisotopic (exact) mass is 379 g/mol. The van der Waals surface area contributed by atoms with Crippen molar-refractivity contribution in [3.8, 4) is 0 Å². The number of nitrogens with one attached hydrogen (secondary N) is 1. The van der Waals surface area contributed by atoms with E-state index in [1.54, 1.807) is 16.4 Å². The summed E-state index contributed by atoms with van der Waals surface area (Å²) in [5, 5.41) is 3.41. The molecule has 6 nitrogen and oxygen atoms in total. The molecular weight excluding hydrogens is 350 g/mol. The van der Waals surface area contributed by atoms with Crippen molar-refractivity contribution in [3.63, 3.8) is 0 Å². The molecule has 4 rings (SSSR count). The van der Waals surface area contributed by atoms with Crippen LogP contribution < -0.4 is 5.32 Å². The maximum absolute atomic E-state index is 13.4. The number of benzene rings is 1. The standard InChI is InChI=1S/C19H29N3O3S/c1-21(2)11-15-3-5-16(6-4-15)26(23,24)22-14-19(7-9-20-10-8-19)17-12-25-13-18(17)22/h3-6,17-18,20H,7-14H2,1-2H3/t17-,18+/m0/s1. The molecule has 3 heterocycles. The number of ether oxygens (including phenoxy) is 1. The second-order valence-electron chi connectivity index (χ2n) is 8.26. The average molecular weight is 380 g/mol. The van der Waals surface area contributed by atoms with Crippen molar-refractivity contribution in [1.29, 1.82) is 0 Å². The highest BCUT2D eigenvalue weighted by Gasteiger charge is 2.58. The molecule has 0 aromatic heterocycles. The van der Waals surface area contributed by atoms with E-state index in [9.17, 15) is 8.42 Å². The van der Waals surface area contributed by atoms with Gasteiger partial charge in [-0.2, -0.15) is 4.31 Å². The summed E-state index contributed by atoms with van der Waals surface area (Å²) in [5.41, 5.74) is 1.19. The summed E-state index contributed by atoms with van der Waals surface area (Å²) < 4.78 is 34.2. The Hall–Kier alpha value is -0.990. The maximum Gasteiger partial charge on any atom is 0.243 e. The van der Waals surface area contributed by atoms with Crippen molar-refractivity contribution < 1.29 is 13.2 Å². The molecule has 1 spiro atoms. The summed E-state index contributed by atoms with van der Waals surface area (Å²) in [6.45, 7) is 4.59. The molecule has 2 atom stereocenters. The highest BCUT2D eigenvalue weighted by Crippen LogP contribution is 2.50. The smallest absolute Gasteiger partial charge is 0.243 e. The molecule has 26 heavy (non-hydrogen) atoms. The number of rotatable bonds is 4. The molecule has 3 aliphatic heterocycles. The van der Waals surface area contributed by atoms with E-state index in [4.69, 9.17) is 4.74 Å². The Labute approximate surface area is 156 Å². The van der Waals surface area contributed by atoms with E-state index in [0.29, 0.717) is 30.6 Å². The van der Waals surface area contributed by atoms with Crippen molar-refractivity contribution in [2.45, 2.75) is 30.3 Å². The van der Waals surface area contributed by atoms with Gasteiger partial charge in [-0.3, -0.25) is 0 Å². The van der Waals surface area contributed by atoms with E-state index in [-0.39, 0.29) is 11.5 Å². The third-order valence-electron chi connectivity index (χ3n) is 6.31. The van der Waals surface area contributed by atoms with Crippen LogP contribution in [0.2, 0.25) is 0 Å². The summed E-state index contributed by atoms with van der Waals surface area (Å²) in [7, 11) is 0.521. The van der Waals surface area contributed by atoms with Gasteiger partial charge in [0.05, 0.1) is 24.2 Å². The fourth-order valence-electron chi connectivity index (χ4n) is 4.94. The Morgan fingerprint density at radius 3 is 2.54 bits per heavy atom. The number of hydrogen-bond acceptors (Lipinski definition) is 5. The normalized spacial score (nSPS) is 28.7. The van der Waals surface area contributed by atoms with Gasteiger partial charge >= 0.3 is 0 Å². The van der Waals surface area contributed by atoms with Gasteiger partial charge < -0.3 is 15.0 Å². The zero-order chi connectivity index (χ0) is 18.4.